The summed E-state index contributed by atoms with van der Waals surface area (Å²) in [7, 11) is 3.17. The number of carbonyl (C=O) groups excluding carboxylic acids is 1. The molecule has 144 valence electrons. The zero-order valence-electron chi connectivity index (χ0n) is 15.4. The molecule has 1 amide bonds. The minimum absolute atomic E-state index is 0.184. The number of nitrogens with one attached hydrogen (secondary N) is 2. The average molecular weight is 399 g/mol. The Morgan fingerprint density at radius 1 is 0.964 bits per heavy atom. The van der Waals surface area contributed by atoms with E-state index in [-0.39, 0.29) is 12.3 Å². The fraction of sp³-hybridized carbons (Fsp3) is 0.150. The molecule has 0 fully saturated rings. The predicted molar refractivity (Wildman–Crippen MR) is 109 cm³/mol. The molecule has 0 saturated carbocycles. The lowest BCUT2D eigenvalue weighted by Crippen LogP contribution is -2.15. The van der Waals surface area contributed by atoms with Crippen molar-refractivity contribution in [3.8, 4) is 11.5 Å². The first-order valence-electron chi connectivity index (χ1n) is 8.44. The molecule has 7 nitrogen and oxygen atoms in total. The van der Waals surface area contributed by atoms with Crippen LogP contribution in [0.25, 0.3) is 0 Å². The molecule has 2 aromatic carbocycles. The number of anilines is 3. The Morgan fingerprint density at radius 3 is 2.32 bits per heavy atom. The van der Waals surface area contributed by atoms with Gasteiger partial charge in [-0.2, -0.15) is 0 Å². The Morgan fingerprint density at radius 2 is 1.68 bits per heavy atom. The van der Waals surface area contributed by atoms with Gasteiger partial charge in [0, 0.05) is 5.02 Å². The number of amides is 1. The van der Waals surface area contributed by atoms with Gasteiger partial charge in [0.1, 0.15) is 11.5 Å². The zero-order chi connectivity index (χ0) is 19.9. The summed E-state index contributed by atoms with van der Waals surface area (Å²) < 4.78 is 10.4. The van der Waals surface area contributed by atoms with E-state index >= 15 is 0 Å². The summed E-state index contributed by atoms with van der Waals surface area (Å²) in [6.07, 6.45) is 0.228. The summed E-state index contributed by atoms with van der Waals surface area (Å²) in [5, 5.41) is 14.5. The number of methoxy groups -OCH3 is 2. The van der Waals surface area contributed by atoms with Crippen LogP contribution in [0.1, 0.15) is 5.56 Å². The van der Waals surface area contributed by atoms with Gasteiger partial charge in [-0.15, -0.1) is 10.2 Å². The molecule has 3 aromatic rings. The third-order valence-electron chi connectivity index (χ3n) is 3.88. The highest BCUT2D eigenvalue weighted by atomic mass is 35.5. The highest BCUT2D eigenvalue weighted by Gasteiger charge is 2.08. The van der Waals surface area contributed by atoms with Gasteiger partial charge < -0.3 is 20.1 Å². The minimum atomic E-state index is -0.184. The standard InChI is InChI=1S/C20H19ClN4O3/c1-27-15-6-3-13(4-7-15)11-20(26)23-19-10-9-18(24-25-19)22-16-12-14(21)5-8-17(16)28-2/h3-10,12H,11H2,1-2H3,(H,22,24)(H,23,25,26). The third-order valence-corrected chi connectivity index (χ3v) is 4.12. The first-order chi connectivity index (χ1) is 13.6. The van der Waals surface area contributed by atoms with E-state index in [9.17, 15) is 4.79 Å². The molecule has 0 radical (unpaired) electrons. The number of rotatable bonds is 7. The molecule has 0 aliphatic heterocycles. The van der Waals surface area contributed by atoms with Crippen molar-refractivity contribution in [2.45, 2.75) is 6.42 Å². The predicted octanol–water partition coefficient (Wildman–Crippen LogP) is 4.07. The molecule has 3 rings (SSSR count). The fourth-order valence-electron chi connectivity index (χ4n) is 2.50. The van der Waals surface area contributed by atoms with E-state index in [1.54, 1.807) is 44.6 Å². The van der Waals surface area contributed by atoms with Gasteiger partial charge in [-0.25, -0.2) is 0 Å². The SMILES string of the molecule is COc1ccc(CC(=O)Nc2ccc(Nc3cc(Cl)ccc3OC)nn2)cc1. The Labute approximate surface area is 167 Å². The zero-order valence-corrected chi connectivity index (χ0v) is 16.2. The Hall–Kier alpha value is -3.32. The highest BCUT2D eigenvalue weighted by Crippen LogP contribution is 2.29. The van der Waals surface area contributed by atoms with Gasteiger partial charge in [0.25, 0.3) is 0 Å². The monoisotopic (exact) mass is 398 g/mol. The Bertz CT molecular complexity index is 947. The third kappa shape index (κ3) is 5.11. The normalized spacial score (nSPS) is 10.2. The Kier molecular flexibility index (Phi) is 6.29. The van der Waals surface area contributed by atoms with E-state index in [0.717, 1.165) is 11.3 Å². The first-order valence-corrected chi connectivity index (χ1v) is 8.82. The van der Waals surface area contributed by atoms with Crippen molar-refractivity contribution in [2.24, 2.45) is 0 Å². The smallest absolute Gasteiger partial charge is 0.229 e. The number of hydrogen-bond donors (Lipinski definition) is 2. The van der Waals surface area contributed by atoms with Crippen LogP contribution in [0.2, 0.25) is 5.02 Å². The number of hydrogen-bond acceptors (Lipinski definition) is 6. The van der Waals surface area contributed by atoms with Crippen molar-refractivity contribution >= 4 is 34.8 Å². The maximum atomic E-state index is 12.2. The van der Waals surface area contributed by atoms with Crippen LogP contribution in [-0.2, 0) is 11.2 Å². The summed E-state index contributed by atoms with van der Waals surface area (Å²) >= 11 is 6.02. The van der Waals surface area contributed by atoms with Crippen LogP contribution in [0.4, 0.5) is 17.3 Å². The largest absolute Gasteiger partial charge is 0.497 e. The summed E-state index contributed by atoms with van der Waals surface area (Å²) in [5.74, 6) is 2.05. The van der Waals surface area contributed by atoms with Gasteiger partial charge in [0.05, 0.1) is 26.3 Å². The molecule has 0 atom stereocenters. The topological polar surface area (TPSA) is 85.4 Å². The van der Waals surface area contributed by atoms with E-state index < -0.39 is 0 Å². The van der Waals surface area contributed by atoms with Crippen LogP contribution in [0.3, 0.4) is 0 Å². The molecule has 0 aliphatic rings. The highest BCUT2D eigenvalue weighted by molar-refractivity contribution is 6.31. The maximum absolute atomic E-state index is 12.2. The van der Waals surface area contributed by atoms with Crippen molar-refractivity contribution in [2.75, 3.05) is 24.9 Å². The van der Waals surface area contributed by atoms with Gasteiger partial charge in [-0.3, -0.25) is 4.79 Å². The fourth-order valence-corrected chi connectivity index (χ4v) is 2.67. The molecule has 2 N–H and O–H groups in total. The number of aromatic nitrogens is 2. The molecule has 0 aliphatic carbocycles. The van der Waals surface area contributed by atoms with Gasteiger partial charge >= 0.3 is 0 Å². The van der Waals surface area contributed by atoms with Crippen molar-refractivity contribution in [1.82, 2.24) is 10.2 Å². The second kappa shape index (κ2) is 9.05. The number of benzene rings is 2. The van der Waals surface area contributed by atoms with E-state index in [2.05, 4.69) is 20.8 Å². The van der Waals surface area contributed by atoms with Crippen LogP contribution in [-0.4, -0.2) is 30.3 Å². The van der Waals surface area contributed by atoms with Crippen LogP contribution < -0.4 is 20.1 Å². The van der Waals surface area contributed by atoms with E-state index in [4.69, 9.17) is 21.1 Å². The summed E-state index contributed by atoms with van der Waals surface area (Å²) in [6.45, 7) is 0. The molecule has 1 aromatic heterocycles. The van der Waals surface area contributed by atoms with Crippen LogP contribution in [0.15, 0.2) is 54.6 Å². The first kappa shape index (κ1) is 19.4. The summed E-state index contributed by atoms with van der Waals surface area (Å²) in [4.78, 5) is 12.2. The van der Waals surface area contributed by atoms with Gasteiger partial charge in [-0.1, -0.05) is 23.7 Å². The average Bonchev–Trinajstić information content (AvgIpc) is 2.70. The quantitative estimate of drug-likeness (QED) is 0.624. The molecule has 0 spiro atoms. The van der Waals surface area contributed by atoms with Crippen molar-refractivity contribution in [3.05, 3.63) is 65.2 Å². The van der Waals surface area contributed by atoms with Crippen LogP contribution in [0, 0.1) is 0 Å². The molecule has 0 unspecified atom stereocenters. The summed E-state index contributed by atoms with van der Waals surface area (Å²) in [6, 6.07) is 15.9. The second-order valence-electron chi connectivity index (χ2n) is 5.85. The minimum Gasteiger partial charge on any atom is -0.497 e. The van der Waals surface area contributed by atoms with Gasteiger partial charge in [-0.05, 0) is 48.0 Å². The van der Waals surface area contributed by atoms with Crippen LogP contribution in [0.5, 0.6) is 11.5 Å². The molecule has 0 saturated heterocycles. The lowest BCUT2D eigenvalue weighted by molar-refractivity contribution is -0.115. The maximum Gasteiger partial charge on any atom is 0.229 e. The van der Waals surface area contributed by atoms with E-state index in [1.165, 1.54) is 0 Å². The van der Waals surface area contributed by atoms with Gasteiger partial charge in [0.2, 0.25) is 5.91 Å². The lowest BCUT2D eigenvalue weighted by Gasteiger charge is -2.11. The Balaban J connectivity index is 1.61. The molecule has 0 bridgehead atoms. The number of nitrogens with zero attached hydrogens (tertiary/aromatic N) is 2. The molecular formula is C20H19ClN4O3. The van der Waals surface area contributed by atoms with E-state index in [0.29, 0.717) is 28.1 Å². The van der Waals surface area contributed by atoms with Crippen molar-refractivity contribution in [3.63, 3.8) is 0 Å². The van der Waals surface area contributed by atoms with Crippen molar-refractivity contribution < 1.29 is 14.3 Å². The van der Waals surface area contributed by atoms with Gasteiger partial charge in [0.15, 0.2) is 11.6 Å². The van der Waals surface area contributed by atoms with E-state index in [1.807, 2.05) is 24.3 Å². The number of carbonyl (C=O) groups is 1. The number of halogens is 1. The van der Waals surface area contributed by atoms with Crippen LogP contribution >= 0.6 is 11.6 Å². The molecular weight excluding hydrogens is 380 g/mol. The number of ether oxygens (including phenoxy) is 2. The summed E-state index contributed by atoms with van der Waals surface area (Å²) in [5.41, 5.74) is 1.54. The lowest BCUT2D eigenvalue weighted by atomic mass is 10.1. The molecule has 1 heterocycles. The molecule has 28 heavy (non-hydrogen) atoms. The molecule has 8 heteroatoms. The van der Waals surface area contributed by atoms with Crippen molar-refractivity contribution in [1.29, 1.82) is 0 Å². The second-order valence-corrected chi connectivity index (χ2v) is 6.28.